The standard InChI is InChI=1S/C26H29N5OS3/c1-5-31-24(20-12-33-22-10-15(2)6-9-19(20)22)29-30-26(31)35-14-23(32)28-25-27-21(13-34-25)18-8-7-16(3)17(4)11-18/h7-8,11-13,15H,5-6,9-10,14H2,1-4H3,(H,27,28,32). The third-order valence-electron chi connectivity index (χ3n) is 6.56. The highest BCUT2D eigenvalue weighted by atomic mass is 32.2. The number of carbonyl (C=O) groups excluding carboxylic acids is 1. The van der Waals surface area contributed by atoms with Crippen molar-refractivity contribution in [2.75, 3.05) is 11.1 Å². The Bertz CT molecular complexity index is 1370. The lowest BCUT2D eigenvalue weighted by molar-refractivity contribution is -0.113. The number of nitrogens with zero attached hydrogens (tertiary/aromatic N) is 4. The second-order valence-electron chi connectivity index (χ2n) is 9.12. The van der Waals surface area contributed by atoms with E-state index >= 15 is 0 Å². The number of anilines is 1. The molecule has 0 spiro atoms. The number of carbonyl (C=O) groups is 1. The van der Waals surface area contributed by atoms with E-state index in [4.69, 9.17) is 0 Å². The number of rotatable bonds is 7. The fourth-order valence-electron chi connectivity index (χ4n) is 4.39. The predicted molar refractivity (Wildman–Crippen MR) is 147 cm³/mol. The molecule has 1 amide bonds. The molecule has 0 fully saturated rings. The van der Waals surface area contributed by atoms with Crippen LogP contribution in [0, 0.1) is 19.8 Å². The number of fused-ring (bicyclic) bond motifs is 1. The maximum atomic E-state index is 12.7. The van der Waals surface area contributed by atoms with Crippen LogP contribution in [0.4, 0.5) is 5.13 Å². The molecule has 3 aromatic heterocycles. The van der Waals surface area contributed by atoms with Crippen molar-refractivity contribution in [3.05, 3.63) is 50.5 Å². The van der Waals surface area contributed by atoms with E-state index in [1.165, 1.54) is 56.7 Å². The van der Waals surface area contributed by atoms with Crippen LogP contribution in [0.15, 0.2) is 34.1 Å². The molecule has 5 rings (SSSR count). The van der Waals surface area contributed by atoms with E-state index < -0.39 is 0 Å². The van der Waals surface area contributed by atoms with Gasteiger partial charge in [-0.3, -0.25) is 4.79 Å². The number of amides is 1. The van der Waals surface area contributed by atoms with E-state index in [0.29, 0.717) is 5.13 Å². The summed E-state index contributed by atoms with van der Waals surface area (Å²) < 4.78 is 2.12. The lowest BCUT2D eigenvalue weighted by Gasteiger charge is -2.19. The largest absolute Gasteiger partial charge is 0.302 e. The summed E-state index contributed by atoms with van der Waals surface area (Å²) in [5, 5.41) is 17.5. The van der Waals surface area contributed by atoms with Gasteiger partial charge in [-0.25, -0.2) is 4.98 Å². The van der Waals surface area contributed by atoms with E-state index in [1.807, 2.05) is 16.7 Å². The summed E-state index contributed by atoms with van der Waals surface area (Å²) in [6.07, 6.45) is 3.49. The van der Waals surface area contributed by atoms with E-state index in [1.54, 1.807) is 0 Å². The lowest BCUT2D eigenvalue weighted by atomic mass is 9.88. The van der Waals surface area contributed by atoms with Gasteiger partial charge in [0.1, 0.15) is 0 Å². The van der Waals surface area contributed by atoms with Crippen LogP contribution in [0.25, 0.3) is 22.6 Å². The van der Waals surface area contributed by atoms with E-state index in [9.17, 15) is 4.79 Å². The summed E-state index contributed by atoms with van der Waals surface area (Å²) in [6.45, 7) is 9.38. The monoisotopic (exact) mass is 523 g/mol. The third kappa shape index (κ3) is 5.08. The van der Waals surface area contributed by atoms with E-state index in [2.05, 4.69) is 76.3 Å². The maximum Gasteiger partial charge on any atom is 0.236 e. The summed E-state index contributed by atoms with van der Waals surface area (Å²) in [5.41, 5.74) is 7.08. The number of aromatic nitrogens is 4. The molecular formula is C26H29N5OS3. The van der Waals surface area contributed by atoms with E-state index in [0.717, 1.165) is 47.5 Å². The number of benzene rings is 1. The van der Waals surface area contributed by atoms with Gasteiger partial charge in [-0.1, -0.05) is 30.8 Å². The smallest absolute Gasteiger partial charge is 0.236 e. The summed E-state index contributed by atoms with van der Waals surface area (Å²) in [7, 11) is 0. The number of aryl methyl sites for hydroxylation is 2. The van der Waals surface area contributed by atoms with Gasteiger partial charge < -0.3 is 9.88 Å². The zero-order valence-corrected chi connectivity index (χ0v) is 22.9. The van der Waals surface area contributed by atoms with E-state index in [-0.39, 0.29) is 11.7 Å². The van der Waals surface area contributed by atoms with Crippen LogP contribution >= 0.6 is 34.4 Å². The Morgan fingerprint density at radius 1 is 1.20 bits per heavy atom. The fraction of sp³-hybridized carbons (Fsp3) is 0.385. The second kappa shape index (κ2) is 10.2. The van der Waals surface area contributed by atoms with Gasteiger partial charge in [0.25, 0.3) is 0 Å². The van der Waals surface area contributed by atoms with Gasteiger partial charge in [0, 0.05) is 33.3 Å². The average molecular weight is 524 g/mol. The molecule has 1 aliphatic rings. The van der Waals surface area contributed by atoms with Crippen LogP contribution in [0.3, 0.4) is 0 Å². The van der Waals surface area contributed by atoms with Crippen molar-refractivity contribution in [1.82, 2.24) is 19.7 Å². The zero-order chi connectivity index (χ0) is 24.5. The summed E-state index contributed by atoms with van der Waals surface area (Å²) >= 11 is 4.70. The van der Waals surface area contributed by atoms with Crippen LogP contribution < -0.4 is 5.32 Å². The van der Waals surface area contributed by atoms with Crippen molar-refractivity contribution in [1.29, 1.82) is 0 Å². The molecule has 0 saturated heterocycles. The number of hydrogen-bond acceptors (Lipinski definition) is 7. The summed E-state index contributed by atoms with van der Waals surface area (Å²) in [4.78, 5) is 18.8. The molecule has 1 N–H and O–H groups in total. The van der Waals surface area contributed by atoms with Crippen molar-refractivity contribution in [2.45, 2.75) is 58.7 Å². The molecule has 0 aliphatic heterocycles. The van der Waals surface area contributed by atoms with Gasteiger partial charge in [-0.2, -0.15) is 0 Å². The van der Waals surface area contributed by atoms with Crippen LogP contribution in [0.1, 0.15) is 41.8 Å². The van der Waals surface area contributed by atoms with Crippen LogP contribution in [0.5, 0.6) is 0 Å². The SMILES string of the molecule is CCn1c(SCC(=O)Nc2nc(-c3ccc(C)c(C)c3)cs2)nnc1-c1csc2c1CCC(C)C2. The van der Waals surface area contributed by atoms with Crippen LogP contribution in [-0.2, 0) is 24.2 Å². The minimum atomic E-state index is -0.0925. The predicted octanol–water partition coefficient (Wildman–Crippen LogP) is 6.62. The van der Waals surface area contributed by atoms with Gasteiger partial charge in [0.15, 0.2) is 16.1 Å². The van der Waals surface area contributed by atoms with Crippen molar-refractivity contribution >= 4 is 45.5 Å². The highest BCUT2D eigenvalue weighted by molar-refractivity contribution is 7.99. The molecule has 0 radical (unpaired) electrons. The van der Waals surface area contributed by atoms with Crippen LogP contribution in [-0.4, -0.2) is 31.4 Å². The Morgan fingerprint density at radius 3 is 2.86 bits per heavy atom. The van der Waals surface area contributed by atoms with Gasteiger partial charge >= 0.3 is 0 Å². The molecule has 1 atom stereocenters. The first-order valence-corrected chi connectivity index (χ1v) is 14.7. The number of nitrogens with one attached hydrogen (secondary N) is 1. The van der Waals surface area contributed by atoms with Crippen LogP contribution in [0.2, 0.25) is 0 Å². The molecule has 0 saturated carbocycles. The summed E-state index contributed by atoms with van der Waals surface area (Å²) in [6, 6.07) is 6.30. The first-order valence-electron chi connectivity index (χ1n) is 11.9. The highest BCUT2D eigenvalue weighted by Gasteiger charge is 2.24. The van der Waals surface area contributed by atoms with Gasteiger partial charge in [0.05, 0.1) is 11.4 Å². The Morgan fingerprint density at radius 2 is 2.06 bits per heavy atom. The van der Waals surface area contributed by atoms with Crippen molar-refractivity contribution in [2.24, 2.45) is 5.92 Å². The number of hydrogen-bond donors (Lipinski definition) is 1. The molecule has 4 aromatic rings. The van der Waals surface area contributed by atoms with Crippen molar-refractivity contribution in [3.63, 3.8) is 0 Å². The first kappa shape index (κ1) is 24.2. The molecule has 35 heavy (non-hydrogen) atoms. The Labute approximate surface area is 218 Å². The topological polar surface area (TPSA) is 72.7 Å². The van der Waals surface area contributed by atoms with Gasteiger partial charge in [-0.15, -0.1) is 32.9 Å². The fourth-order valence-corrected chi connectivity index (χ4v) is 7.18. The third-order valence-corrected chi connectivity index (χ3v) is 9.34. The van der Waals surface area contributed by atoms with Gasteiger partial charge in [-0.05, 0) is 68.7 Å². The number of thioether (sulfide) groups is 1. The van der Waals surface area contributed by atoms with Crippen molar-refractivity contribution in [3.8, 4) is 22.6 Å². The molecule has 9 heteroatoms. The first-order chi connectivity index (χ1) is 16.9. The zero-order valence-electron chi connectivity index (χ0n) is 20.4. The Kier molecular flexibility index (Phi) is 7.09. The number of thiophene rings is 1. The minimum Gasteiger partial charge on any atom is -0.302 e. The Balaban J connectivity index is 1.24. The van der Waals surface area contributed by atoms with Gasteiger partial charge in [0.2, 0.25) is 5.91 Å². The molecule has 6 nitrogen and oxygen atoms in total. The molecule has 1 aromatic carbocycles. The molecular weight excluding hydrogens is 495 g/mol. The molecule has 182 valence electrons. The lowest BCUT2D eigenvalue weighted by Crippen LogP contribution is -2.14. The Hall–Kier alpha value is -2.49. The quantitative estimate of drug-likeness (QED) is 0.276. The maximum absolute atomic E-state index is 12.7. The second-order valence-corrected chi connectivity index (χ2v) is 11.9. The van der Waals surface area contributed by atoms with Crippen molar-refractivity contribution < 1.29 is 4.79 Å². The molecule has 1 aliphatic carbocycles. The summed E-state index contributed by atoms with van der Waals surface area (Å²) in [5.74, 6) is 1.83. The minimum absolute atomic E-state index is 0.0925. The normalized spacial score (nSPS) is 15.3. The molecule has 0 bridgehead atoms. The average Bonchev–Trinajstić information content (AvgIpc) is 3.57. The number of thiazole rings is 1. The molecule has 3 heterocycles. The highest BCUT2D eigenvalue weighted by Crippen LogP contribution is 2.38. The molecule has 1 unspecified atom stereocenters.